The molecule has 4 heteroatoms. The van der Waals surface area contributed by atoms with Gasteiger partial charge in [-0.2, -0.15) is 0 Å². The number of hydrogen-bond donors (Lipinski definition) is 2. The molecule has 0 heterocycles. The smallest absolute Gasteiger partial charge is 0.124 e. The number of aryl methyl sites for hydroxylation is 1. The summed E-state index contributed by atoms with van der Waals surface area (Å²) in [6.07, 6.45) is 0.361. The van der Waals surface area contributed by atoms with Gasteiger partial charge in [-0.3, -0.25) is 0 Å². The summed E-state index contributed by atoms with van der Waals surface area (Å²) in [6.45, 7) is 1.55. The van der Waals surface area contributed by atoms with Crippen LogP contribution in [0.2, 0.25) is 0 Å². The molecule has 0 aliphatic heterocycles. The van der Waals surface area contributed by atoms with Crippen LogP contribution >= 0.6 is 15.9 Å². The maximum Gasteiger partial charge on any atom is 0.124 e. The van der Waals surface area contributed by atoms with Gasteiger partial charge >= 0.3 is 0 Å². The fourth-order valence-electron chi connectivity index (χ4n) is 2.53. The molecule has 2 nitrogen and oxygen atoms in total. The van der Waals surface area contributed by atoms with E-state index in [1.165, 1.54) is 12.1 Å². The maximum absolute atomic E-state index is 13.5. The Balaban J connectivity index is 2.42. The Morgan fingerprint density at radius 3 is 2.38 bits per heavy atom. The topological polar surface area (TPSA) is 40.5 Å². The molecule has 0 aliphatic rings. The molecule has 21 heavy (non-hydrogen) atoms. The van der Waals surface area contributed by atoms with E-state index in [-0.39, 0.29) is 19.0 Å². The Bertz CT molecular complexity index is 604. The van der Waals surface area contributed by atoms with Crippen LogP contribution in [0.3, 0.4) is 0 Å². The fraction of sp³-hybridized carbons (Fsp3) is 0.294. The minimum absolute atomic E-state index is 0.207. The second-order valence-corrected chi connectivity index (χ2v) is 6.34. The van der Waals surface area contributed by atoms with Gasteiger partial charge in [-0.15, -0.1) is 0 Å². The first-order valence-electron chi connectivity index (χ1n) is 6.73. The highest BCUT2D eigenvalue weighted by atomic mass is 79.9. The Morgan fingerprint density at radius 1 is 1.10 bits per heavy atom. The van der Waals surface area contributed by atoms with Crippen LogP contribution < -0.4 is 0 Å². The molecule has 0 aromatic heterocycles. The summed E-state index contributed by atoms with van der Waals surface area (Å²) in [5.41, 5.74) is 1.82. The molecule has 0 amide bonds. The first-order valence-corrected chi connectivity index (χ1v) is 7.52. The van der Waals surface area contributed by atoms with E-state index < -0.39 is 5.41 Å². The highest BCUT2D eigenvalue weighted by molar-refractivity contribution is 9.10. The molecule has 0 unspecified atom stereocenters. The van der Waals surface area contributed by atoms with Crippen LogP contribution in [0.25, 0.3) is 0 Å². The van der Waals surface area contributed by atoms with Gasteiger partial charge in [0.05, 0.1) is 13.2 Å². The molecule has 0 atom stereocenters. The SMILES string of the molecule is Cc1cccc(C(CO)(CO)Cc2cc(F)cc(Br)c2)c1. The molecule has 0 fully saturated rings. The van der Waals surface area contributed by atoms with Gasteiger partial charge in [-0.1, -0.05) is 45.8 Å². The van der Waals surface area contributed by atoms with E-state index in [1.807, 2.05) is 31.2 Å². The molecule has 2 N–H and O–H groups in total. The minimum atomic E-state index is -0.820. The molecular weight excluding hydrogens is 335 g/mol. The van der Waals surface area contributed by atoms with Gasteiger partial charge in [0.15, 0.2) is 0 Å². The van der Waals surface area contributed by atoms with Gasteiger partial charge in [0.25, 0.3) is 0 Å². The van der Waals surface area contributed by atoms with Crippen LogP contribution in [-0.4, -0.2) is 23.4 Å². The lowest BCUT2D eigenvalue weighted by molar-refractivity contribution is 0.116. The number of rotatable bonds is 5. The first kappa shape index (κ1) is 16.1. The van der Waals surface area contributed by atoms with Crippen LogP contribution in [0.5, 0.6) is 0 Å². The standard InChI is InChI=1S/C17H18BrFO2/c1-12-3-2-4-14(5-12)17(10-20,11-21)9-13-6-15(18)8-16(19)7-13/h2-8,20-21H,9-11H2,1H3. The maximum atomic E-state index is 13.5. The van der Waals surface area contributed by atoms with E-state index in [4.69, 9.17) is 0 Å². The lowest BCUT2D eigenvalue weighted by Gasteiger charge is -2.31. The molecule has 0 spiro atoms. The lowest BCUT2D eigenvalue weighted by Crippen LogP contribution is -2.37. The lowest BCUT2D eigenvalue weighted by atomic mass is 9.76. The highest BCUT2D eigenvalue weighted by Crippen LogP contribution is 2.30. The predicted molar refractivity (Wildman–Crippen MR) is 84.8 cm³/mol. The Kier molecular flexibility index (Phi) is 5.14. The normalized spacial score (nSPS) is 11.7. The summed E-state index contributed by atoms with van der Waals surface area (Å²) in [7, 11) is 0. The molecular formula is C17H18BrFO2. The van der Waals surface area contributed by atoms with Gasteiger partial charge < -0.3 is 10.2 Å². The molecule has 2 aromatic carbocycles. The van der Waals surface area contributed by atoms with Crippen LogP contribution in [0.4, 0.5) is 4.39 Å². The zero-order valence-electron chi connectivity index (χ0n) is 11.8. The van der Waals surface area contributed by atoms with E-state index >= 15 is 0 Å². The quantitative estimate of drug-likeness (QED) is 0.866. The third kappa shape index (κ3) is 3.70. The van der Waals surface area contributed by atoms with Crippen molar-refractivity contribution >= 4 is 15.9 Å². The summed E-state index contributed by atoms with van der Waals surface area (Å²) in [5.74, 6) is -0.339. The van der Waals surface area contributed by atoms with Crippen molar-refractivity contribution in [3.05, 3.63) is 69.4 Å². The molecule has 112 valence electrons. The van der Waals surface area contributed by atoms with E-state index in [1.54, 1.807) is 6.07 Å². The van der Waals surface area contributed by atoms with Crippen molar-refractivity contribution in [1.82, 2.24) is 0 Å². The number of halogens is 2. The number of aliphatic hydroxyl groups excluding tert-OH is 2. The van der Waals surface area contributed by atoms with Crippen molar-refractivity contribution < 1.29 is 14.6 Å². The van der Waals surface area contributed by atoms with Crippen molar-refractivity contribution in [2.45, 2.75) is 18.8 Å². The Labute approximate surface area is 132 Å². The fourth-order valence-corrected chi connectivity index (χ4v) is 3.04. The third-order valence-corrected chi connectivity index (χ3v) is 4.16. The Hall–Kier alpha value is -1.23. The predicted octanol–water partition coefficient (Wildman–Crippen LogP) is 3.36. The van der Waals surface area contributed by atoms with Crippen molar-refractivity contribution in [2.75, 3.05) is 13.2 Å². The van der Waals surface area contributed by atoms with Crippen LogP contribution in [0, 0.1) is 12.7 Å². The summed E-state index contributed by atoms with van der Waals surface area (Å²) in [6, 6.07) is 12.3. The van der Waals surface area contributed by atoms with Crippen molar-refractivity contribution in [2.24, 2.45) is 0 Å². The van der Waals surface area contributed by atoms with Crippen molar-refractivity contribution in [3.63, 3.8) is 0 Å². The van der Waals surface area contributed by atoms with Crippen LogP contribution in [0.1, 0.15) is 16.7 Å². The van der Waals surface area contributed by atoms with Gasteiger partial charge in [-0.25, -0.2) is 4.39 Å². The molecule has 0 saturated carbocycles. The summed E-state index contributed by atoms with van der Waals surface area (Å²) >= 11 is 3.27. The molecule has 0 aliphatic carbocycles. The first-order chi connectivity index (χ1) is 9.99. The van der Waals surface area contributed by atoms with Crippen LogP contribution in [-0.2, 0) is 11.8 Å². The van der Waals surface area contributed by atoms with Crippen molar-refractivity contribution in [3.8, 4) is 0 Å². The van der Waals surface area contributed by atoms with Gasteiger partial charge in [0.2, 0.25) is 0 Å². The van der Waals surface area contributed by atoms with Crippen molar-refractivity contribution in [1.29, 1.82) is 0 Å². The number of benzene rings is 2. The summed E-state index contributed by atoms with van der Waals surface area (Å²) in [4.78, 5) is 0. The highest BCUT2D eigenvalue weighted by Gasteiger charge is 2.31. The van der Waals surface area contributed by atoms with E-state index in [0.29, 0.717) is 10.9 Å². The summed E-state index contributed by atoms with van der Waals surface area (Å²) in [5, 5.41) is 19.7. The molecule has 0 bridgehead atoms. The van der Waals surface area contributed by atoms with Gasteiger partial charge in [0.1, 0.15) is 5.82 Å². The monoisotopic (exact) mass is 352 g/mol. The second-order valence-electron chi connectivity index (χ2n) is 5.42. The second kappa shape index (κ2) is 6.69. The molecule has 0 saturated heterocycles. The zero-order chi connectivity index (χ0) is 15.5. The zero-order valence-corrected chi connectivity index (χ0v) is 13.4. The summed E-state index contributed by atoms with van der Waals surface area (Å²) < 4.78 is 14.2. The van der Waals surface area contributed by atoms with Crippen LogP contribution in [0.15, 0.2) is 46.9 Å². The molecule has 2 rings (SSSR count). The van der Waals surface area contributed by atoms with E-state index in [9.17, 15) is 14.6 Å². The van der Waals surface area contributed by atoms with E-state index in [0.717, 1.165) is 16.7 Å². The minimum Gasteiger partial charge on any atom is -0.395 e. The molecule has 2 aromatic rings. The van der Waals surface area contributed by atoms with E-state index in [2.05, 4.69) is 15.9 Å². The van der Waals surface area contributed by atoms with Gasteiger partial charge in [-0.05, 0) is 42.7 Å². The Morgan fingerprint density at radius 2 is 1.81 bits per heavy atom. The van der Waals surface area contributed by atoms with Gasteiger partial charge in [0, 0.05) is 9.89 Å². The third-order valence-electron chi connectivity index (χ3n) is 3.70. The average molecular weight is 353 g/mol. The average Bonchev–Trinajstić information content (AvgIpc) is 2.44. The largest absolute Gasteiger partial charge is 0.395 e. The number of aliphatic hydroxyl groups is 2. The number of hydrogen-bond acceptors (Lipinski definition) is 2. The molecule has 0 radical (unpaired) electrons.